The molecule has 0 spiro atoms. The van der Waals surface area contributed by atoms with E-state index in [1.807, 2.05) is 13.8 Å². The molecule has 0 fully saturated rings. The number of carbonyl (C=O) groups excluding carboxylic acids is 1. The van der Waals surface area contributed by atoms with Gasteiger partial charge in [-0.15, -0.1) is 0 Å². The van der Waals surface area contributed by atoms with Gasteiger partial charge < -0.3 is 4.74 Å². The van der Waals surface area contributed by atoms with E-state index in [4.69, 9.17) is 4.74 Å². The van der Waals surface area contributed by atoms with Gasteiger partial charge in [-0.1, -0.05) is 6.92 Å². The van der Waals surface area contributed by atoms with Crippen molar-refractivity contribution in [2.24, 2.45) is 0 Å². The molecular weight excluding hydrogens is 287 g/mol. The average molecular weight is 305 g/mol. The SMILES string of the molecule is CCC(C)OCCCCC(=O)NS(=O)(=O)C(F)(F)F. The number of unbranched alkanes of at least 4 members (excludes halogenated alkanes) is 1. The predicted octanol–water partition coefficient (Wildman–Crippen LogP) is 1.94. The first-order chi connectivity index (χ1) is 8.60. The Morgan fingerprint density at radius 2 is 1.89 bits per heavy atom. The topological polar surface area (TPSA) is 72.5 Å². The number of sulfonamides is 1. The molecule has 0 aromatic heterocycles. The monoisotopic (exact) mass is 305 g/mol. The second-order valence-corrected chi connectivity index (χ2v) is 5.70. The summed E-state index contributed by atoms with van der Waals surface area (Å²) in [5, 5.41) is 0. The first kappa shape index (κ1) is 18.2. The van der Waals surface area contributed by atoms with E-state index < -0.39 is 21.4 Å². The van der Waals surface area contributed by atoms with E-state index in [-0.39, 0.29) is 18.9 Å². The van der Waals surface area contributed by atoms with E-state index in [0.29, 0.717) is 13.0 Å². The lowest BCUT2D eigenvalue weighted by molar-refractivity contribution is -0.120. The summed E-state index contributed by atoms with van der Waals surface area (Å²) >= 11 is 0. The molecule has 0 saturated heterocycles. The summed E-state index contributed by atoms with van der Waals surface area (Å²) in [5.74, 6) is -1.17. The highest BCUT2D eigenvalue weighted by molar-refractivity contribution is 7.90. The minimum absolute atomic E-state index is 0.0828. The zero-order chi connectivity index (χ0) is 15.1. The number of hydrogen-bond donors (Lipinski definition) is 1. The maximum atomic E-state index is 11.9. The molecule has 0 saturated carbocycles. The number of amides is 1. The molecule has 114 valence electrons. The Labute approximate surface area is 110 Å². The molecule has 0 aliphatic carbocycles. The molecule has 0 aromatic rings. The maximum absolute atomic E-state index is 11.9. The summed E-state index contributed by atoms with van der Waals surface area (Å²) in [6.45, 7) is 4.21. The highest BCUT2D eigenvalue weighted by Crippen LogP contribution is 2.21. The molecular formula is C10H18F3NO4S. The first-order valence-electron chi connectivity index (χ1n) is 5.83. The number of alkyl halides is 3. The molecule has 1 N–H and O–H groups in total. The number of carbonyl (C=O) groups is 1. The lowest BCUT2D eigenvalue weighted by Gasteiger charge is -2.11. The van der Waals surface area contributed by atoms with E-state index in [9.17, 15) is 26.4 Å². The fourth-order valence-corrected chi connectivity index (χ4v) is 1.57. The third kappa shape index (κ3) is 7.36. The minimum Gasteiger partial charge on any atom is -0.379 e. The molecule has 0 aliphatic rings. The summed E-state index contributed by atoms with van der Waals surface area (Å²) in [6.07, 6.45) is 1.36. The van der Waals surface area contributed by atoms with E-state index in [1.165, 1.54) is 0 Å². The van der Waals surface area contributed by atoms with Crippen molar-refractivity contribution in [3.8, 4) is 0 Å². The number of nitrogens with one attached hydrogen (secondary N) is 1. The van der Waals surface area contributed by atoms with Gasteiger partial charge in [-0.3, -0.25) is 4.79 Å². The molecule has 0 rings (SSSR count). The number of halogens is 3. The van der Waals surface area contributed by atoms with Crippen molar-refractivity contribution >= 4 is 15.9 Å². The van der Waals surface area contributed by atoms with Crippen LogP contribution >= 0.6 is 0 Å². The van der Waals surface area contributed by atoms with Gasteiger partial charge in [0.2, 0.25) is 5.91 Å². The third-order valence-corrected chi connectivity index (χ3v) is 3.43. The van der Waals surface area contributed by atoms with Crippen LogP contribution in [-0.4, -0.2) is 32.5 Å². The van der Waals surface area contributed by atoms with Gasteiger partial charge in [0, 0.05) is 13.0 Å². The number of rotatable bonds is 8. The smallest absolute Gasteiger partial charge is 0.379 e. The van der Waals surface area contributed by atoms with Crippen LogP contribution in [-0.2, 0) is 19.6 Å². The summed E-state index contributed by atoms with van der Waals surface area (Å²) in [7, 11) is -5.59. The van der Waals surface area contributed by atoms with Crippen LogP contribution in [0.5, 0.6) is 0 Å². The van der Waals surface area contributed by atoms with Gasteiger partial charge in [0.15, 0.2) is 0 Å². The zero-order valence-corrected chi connectivity index (χ0v) is 11.6. The Kier molecular flexibility index (Phi) is 7.35. The Morgan fingerprint density at radius 3 is 2.37 bits per heavy atom. The largest absolute Gasteiger partial charge is 0.516 e. The molecule has 1 unspecified atom stereocenters. The Hall–Kier alpha value is -0.830. The summed E-state index contributed by atoms with van der Waals surface area (Å²) in [5.41, 5.74) is -5.47. The first-order valence-corrected chi connectivity index (χ1v) is 7.32. The molecule has 9 heteroatoms. The van der Waals surface area contributed by atoms with Crippen LogP contribution in [0.15, 0.2) is 0 Å². The molecule has 0 bridgehead atoms. The lowest BCUT2D eigenvalue weighted by Crippen LogP contribution is -2.40. The van der Waals surface area contributed by atoms with Crippen molar-refractivity contribution in [2.75, 3.05) is 6.61 Å². The Bertz CT molecular complexity index is 381. The normalized spacial score (nSPS) is 14.2. The number of hydrogen-bond acceptors (Lipinski definition) is 4. The van der Waals surface area contributed by atoms with Crippen molar-refractivity contribution in [3.05, 3.63) is 0 Å². The fraction of sp³-hybridized carbons (Fsp3) is 0.900. The lowest BCUT2D eigenvalue weighted by atomic mass is 10.2. The molecule has 0 heterocycles. The van der Waals surface area contributed by atoms with Gasteiger partial charge in [0.1, 0.15) is 0 Å². The van der Waals surface area contributed by atoms with Crippen LogP contribution in [0.2, 0.25) is 0 Å². The van der Waals surface area contributed by atoms with Crippen molar-refractivity contribution < 1.29 is 31.1 Å². The van der Waals surface area contributed by atoms with Gasteiger partial charge in [-0.25, -0.2) is 4.72 Å². The van der Waals surface area contributed by atoms with E-state index in [1.54, 1.807) is 0 Å². The van der Waals surface area contributed by atoms with Crippen molar-refractivity contribution in [1.29, 1.82) is 0 Å². The van der Waals surface area contributed by atoms with Gasteiger partial charge in [-0.05, 0) is 26.2 Å². The number of ether oxygens (including phenoxy) is 1. The molecule has 1 amide bonds. The quantitative estimate of drug-likeness (QED) is 0.696. The van der Waals surface area contributed by atoms with Crippen molar-refractivity contribution in [1.82, 2.24) is 4.72 Å². The van der Waals surface area contributed by atoms with Crippen LogP contribution in [0.4, 0.5) is 13.2 Å². The third-order valence-electron chi connectivity index (χ3n) is 2.33. The van der Waals surface area contributed by atoms with Crippen LogP contribution in [0, 0.1) is 0 Å². The molecule has 0 aromatic carbocycles. The molecule has 1 atom stereocenters. The molecule has 0 aliphatic heterocycles. The maximum Gasteiger partial charge on any atom is 0.516 e. The summed E-state index contributed by atoms with van der Waals surface area (Å²) in [6, 6.07) is 0. The van der Waals surface area contributed by atoms with Gasteiger partial charge in [-0.2, -0.15) is 21.6 Å². The van der Waals surface area contributed by atoms with Gasteiger partial charge in [0.05, 0.1) is 6.10 Å². The van der Waals surface area contributed by atoms with E-state index in [0.717, 1.165) is 11.1 Å². The Morgan fingerprint density at radius 1 is 1.32 bits per heavy atom. The fourth-order valence-electron chi connectivity index (χ4n) is 1.05. The highest BCUT2D eigenvalue weighted by atomic mass is 32.2. The highest BCUT2D eigenvalue weighted by Gasteiger charge is 2.46. The molecule has 0 radical (unpaired) electrons. The minimum atomic E-state index is -5.59. The van der Waals surface area contributed by atoms with Crippen LogP contribution < -0.4 is 4.72 Å². The van der Waals surface area contributed by atoms with Crippen LogP contribution in [0.1, 0.15) is 39.5 Å². The van der Waals surface area contributed by atoms with Gasteiger partial charge >= 0.3 is 15.5 Å². The summed E-state index contributed by atoms with van der Waals surface area (Å²) in [4.78, 5) is 11.0. The van der Waals surface area contributed by atoms with Crippen LogP contribution in [0.3, 0.4) is 0 Å². The van der Waals surface area contributed by atoms with Crippen molar-refractivity contribution in [2.45, 2.75) is 51.1 Å². The second-order valence-electron chi connectivity index (χ2n) is 4.02. The predicted molar refractivity (Wildman–Crippen MR) is 62.7 cm³/mol. The van der Waals surface area contributed by atoms with Crippen molar-refractivity contribution in [3.63, 3.8) is 0 Å². The molecule has 5 nitrogen and oxygen atoms in total. The second kappa shape index (κ2) is 7.68. The van der Waals surface area contributed by atoms with Gasteiger partial charge in [0.25, 0.3) is 0 Å². The van der Waals surface area contributed by atoms with E-state index in [2.05, 4.69) is 0 Å². The summed E-state index contributed by atoms with van der Waals surface area (Å²) < 4.78 is 63.3. The Balaban J connectivity index is 3.90. The average Bonchev–Trinajstić information content (AvgIpc) is 2.25. The molecule has 19 heavy (non-hydrogen) atoms. The van der Waals surface area contributed by atoms with Crippen LogP contribution in [0.25, 0.3) is 0 Å². The standard InChI is InChI=1S/C10H18F3NO4S/c1-3-8(2)18-7-5-4-6-9(15)14-19(16,17)10(11,12)13/h8H,3-7H2,1-2H3,(H,14,15). The van der Waals surface area contributed by atoms with E-state index >= 15 is 0 Å². The zero-order valence-electron chi connectivity index (χ0n) is 10.8.